The molecule has 5 aromatic rings. The van der Waals surface area contributed by atoms with Gasteiger partial charge in [0.2, 0.25) is 5.91 Å². The van der Waals surface area contributed by atoms with Gasteiger partial charge in [-0.05, 0) is 60.7 Å². The molecule has 1 saturated carbocycles. The average molecular weight is 741 g/mol. The molecule has 3 aliphatic rings. The van der Waals surface area contributed by atoms with Gasteiger partial charge in [-0.2, -0.15) is 0 Å². The van der Waals surface area contributed by atoms with E-state index >= 15 is 0 Å². The van der Waals surface area contributed by atoms with Crippen molar-refractivity contribution in [3.8, 4) is 5.75 Å². The van der Waals surface area contributed by atoms with Gasteiger partial charge in [0.15, 0.2) is 5.58 Å². The van der Waals surface area contributed by atoms with Gasteiger partial charge in [-0.1, -0.05) is 79.6 Å². The highest BCUT2D eigenvalue weighted by Crippen LogP contribution is 2.42. The third-order valence-corrected chi connectivity index (χ3v) is 10.7. The second-order valence-electron chi connectivity index (χ2n) is 14.1. The van der Waals surface area contributed by atoms with E-state index in [4.69, 9.17) is 13.9 Å². The van der Waals surface area contributed by atoms with Gasteiger partial charge in [0.1, 0.15) is 24.5 Å². The molecule has 55 heavy (non-hydrogen) atoms. The molecule has 4 amide bonds. The van der Waals surface area contributed by atoms with E-state index in [1.165, 1.54) is 4.90 Å². The fraction of sp³-hybridized carbons (Fsp3) is 0.302. The first-order chi connectivity index (χ1) is 26.9. The molecule has 12 nitrogen and oxygen atoms in total. The summed E-state index contributed by atoms with van der Waals surface area (Å²) < 4.78 is 17.6. The number of nitrogens with zero attached hydrogens (tertiary/aromatic N) is 3. The molecule has 0 unspecified atom stereocenters. The molecule has 3 heterocycles. The Labute approximate surface area is 317 Å². The Morgan fingerprint density at radius 1 is 0.818 bits per heavy atom. The van der Waals surface area contributed by atoms with Crippen molar-refractivity contribution in [1.29, 1.82) is 0 Å². The van der Waals surface area contributed by atoms with E-state index in [2.05, 4.69) is 10.3 Å². The highest BCUT2D eigenvalue weighted by atomic mass is 16.5. The summed E-state index contributed by atoms with van der Waals surface area (Å²) in [5, 5.41) is 2.78. The minimum absolute atomic E-state index is 0.0570. The number of aromatic nitrogens is 1. The Balaban J connectivity index is 1.04. The highest BCUT2D eigenvalue weighted by molar-refractivity contribution is 6.21. The molecular formula is C43H40N4O8. The number of carbonyl (C=O) groups is 5. The van der Waals surface area contributed by atoms with Crippen LogP contribution in [0.25, 0.3) is 11.1 Å². The van der Waals surface area contributed by atoms with Crippen LogP contribution in [0.4, 0.5) is 0 Å². The standard InChI is InChI=1S/C43H40N4O8/c48-38(39-45-33-18-8-9-19-35(33)55-39)44-22-24-53-36-20-10-13-28-21-23-46(34(37(28)36)25-47-41(50)29-14-4-5-15-30(29)42(47)51)40(49)31-16-6-7-17-32(31)43(52)54-26-27-11-2-1-3-12-27/h1-5,8-15,18-20,31-32,34H,6-7,16-17,21-26H2,(H,44,48)/t31-,32+,34-/m1/s1. The number of ether oxygens (including phenoxy) is 2. The molecule has 0 spiro atoms. The number of para-hydroxylation sites is 2. The van der Waals surface area contributed by atoms with E-state index in [0.29, 0.717) is 59.3 Å². The van der Waals surface area contributed by atoms with Gasteiger partial charge < -0.3 is 24.1 Å². The van der Waals surface area contributed by atoms with Crippen LogP contribution in [0.1, 0.15) is 79.8 Å². The number of hydrogen-bond donors (Lipinski definition) is 1. The lowest BCUT2D eigenvalue weighted by Crippen LogP contribution is -2.50. The first kappa shape index (κ1) is 35.7. The fourth-order valence-corrected chi connectivity index (χ4v) is 8.02. The Morgan fingerprint density at radius 2 is 1.53 bits per heavy atom. The van der Waals surface area contributed by atoms with Crippen LogP contribution in [0.2, 0.25) is 0 Å². The lowest BCUT2D eigenvalue weighted by atomic mass is 9.77. The number of hydrogen-bond acceptors (Lipinski definition) is 9. The van der Waals surface area contributed by atoms with Crippen LogP contribution in [-0.4, -0.2) is 70.6 Å². The summed E-state index contributed by atoms with van der Waals surface area (Å²) in [6.07, 6.45) is 3.14. The minimum Gasteiger partial charge on any atom is -0.491 e. The molecule has 0 saturated heterocycles. The van der Waals surface area contributed by atoms with Crippen molar-refractivity contribution >= 4 is 40.7 Å². The van der Waals surface area contributed by atoms with Gasteiger partial charge in [-0.15, -0.1) is 0 Å². The highest BCUT2D eigenvalue weighted by Gasteiger charge is 2.45. The molecule has 8 rings (SSSR count). The molecule has 0 radical (unpaired) electrons. The molecule has 1 aliphatic carbocycles. The molecular weight excluding hydrogens is 700 g/mol. The van der Waals surface area contributed by atoms with Gasteiger partial charge in [-0.3, -0.25) is 28.9 Å². The zero-order valence-corrected chi connectivity index (χ0v) is 30.1. The SMILES string of the molecule is O=C(NCCOc1cccc2c1[C@@H](CN1C(=O)c3ccccc3C1=O)N(C(=O)[C@@H]1CCCC[C@@H]1C(=O)OCc1ccccc1)CC2)c1nc2ccccc2o1. The molecule has 4 aromatic carbocycles. The Morgan fingerprint density at radius 3 is 2.29 bits per heavy atom. The van der Waals surface area contributed by atoms with E-state index in [0.717, 1.165) is 24.0 Å². The van der Waals surface area contributed by atoms with Crippen molar-refractivity contribution in [2.75, 3.05) is 26.2 Å². The fourth-order valence-electron chi connectivity index (χ4n) is 8.02. The summed E-state index contributed by atoms with van der Waals surface area (Å²) in [6, 6.07) is 28.1. The maximum Gasteiger partial charge on any atom is 0.310 e. The number of imide groups is 1. The monoisotopic (exact) mass is 740 g/mol. The number of fused-ring (bicyclic) bond motifs is 3. The van der Waals surface area contributed by atoms with E-state index < -0.39 is 41.6 Å². The first-order valence-corrected chi connectivity index (χ1v) is 18.7. The zero-order chi connectivity index (χ0) is 37.9. The molecule has 1 aromatic heterocycles. The third kappa shape index (κ3) is 7.19. The van der Waals surface area contributed by atoms with Crippen LogP contribution in [0.15, 0.2) is 101 Å². The third-order valence-electron chi connectivity index (χ3n) is 10.7. The number of oxazole rings is 1. The molecule has 1 fully saturated rings. The van der Waals surface area contributed by atoms with Gasteiger partial charge in [0.25, 0.3) is 17.7 Å². The Hall–Kier alpha value is -6.30. The van der Waals surface area contributed by atoms with Gasteiger partial charge >= 0.3 is 11.9 Å². The van der Waals surface area contributed by atoms with Gasteiger partial charge in [-0.25, -0.2) is 4.98 Å². The lowest BCUT2D eigenvalue weighted by molar-refractivity contribution is -0.159. The molecule has 0 bridgehead atoms. The number of rotatable bonds is 11. The lowest BCUT2D eigenvalue weighted by Gasteiger charge is -2.42. The first-order valence-electron chi connectivity index (χ1n) is 18.7. The van der Waals surface area contributed by atoms with Gasteiger partial charge in [0, 0.05) is 12.1 Å². The molecule has 2 aliphatic heterocycles. The normalized spacial score (nSPS) is 19.2. The summed E-state index contributed by atoms with van der Waals surface area (Å²) >= 11 is 0. The predicted molar refractivity (Wildman–Crippen MR) is 200 cm³/mol. The Kier molecular flexibility index (Phi) is 10.1. The van der Waals surface area contributed by atoms with E-state index in [1.807, 2.05) is 48.5 Å². The smallest absolute Gasteiger partial charge is 0.310 e. The second-order valence-corrected chi connectivity index (χ2v) is 14.1. The predicted octanol–water partition coefficient (Wildman–Crippen LogP) is 5.91. The summed E-state index contributed by atoms with van der Waals surface area (Å²) in [7, 11) is 0. The van der Waals surface area contributed by atoms with Crippen molar-refractivity contribution in [2.45, 2.75) is 44.8 Å². The second kappa shape index (κ2) is 15.6. The maximum atomic E-state index is 14.8. The summed E-state index contributed by atoms with van der Waals surface area (Å²) in [5.41, 5.74) is 4.17. The molecule has 1 N–H and O–H groups in total. The number of amides is 4. The van der Waals surface area contributed by atoms with E-state index in [1.54, 1.807) is 53.4 Å². The topological polar surface area (TPSA) is 148 Å². The number of carbonyl (C=O) groups excluding carboxylic acids is 5. The van der Waals surface area contributed by atoms with Crippen molar-refractivity contribution in [3.05, 3.63) is 131 Å². The number of esters is 1. The van der Waals surface area contributed by atoms with Crippen LogP contribution in [0.3, 0.4) is 0 Å². The molecule has 280 valence electrons. The van der Waals surface area contributed by atoms with Crippen LogP contribution < -0.4 is 10.1 Å². The largest absolute Gasteiger partial charge is 0.491 e. The number of nitrogens with one attached hydrogen (secondary N) is 1. The van der Waals surface area contributed by atoms with Crippen LogP contribution >= 0.6 is 0 Å². The Bertz CT molecular complexity index is 2200. The zero-order valence-electron chi connectivity index (χ0n) is 30.1. The maximum absolute atomic E-state index is 14.8. The summed E-state index contributed by atoms with van der Waals surface area (Å²) in [4.78, 5) is 75.8. The van der Waals surface area contributed by atoms with E-state index in [-0.39, 0.29) is 38.1 Å². The van der Waals surface area contributed by atoms with Crippen molar-refractivity contribution in [1.82, 2.24) is 20.1 Å². The summed E-state index contributed by atoms with van der Waals surface area (Å²) in [6.45, 7) is 0.546. The van der Waals surface area contributed by atoms with Crippen LogP contribution in [0.5, 0.6) is 5.75 Å². The van der Waals surface area contributed by atoms with Crippen LogP contribution in [-0.2, 0) is 27.4 Å². The molecule has 12 heteroatoms. The van der Waals surface area contributed by atoms with Crippen LogP contribution in [0, 0.1) is 11.8 Å². The van der Waals surface area contributed by atoms with Crippen molar-refractivity contribution in [3.63, 3.8) is 0 Å². The minimum atomic E-state index is -0.757. The molecule has 3 atom stereocenters. The average Bonchev–Trinajstić information content (AvgIpc) is 3.77. The quantitative estimate of drug-likeness (QED) is 0.0992. The number of benzene rings is 4. The summed E-state index contributed by atoms with van der Waals surface area (Å²) in [5.74, 6) is -2.80. The van der Waals surface area contributed by atoms with Crippen molar-refractivity contribution in [2.24, 2.45) is 11.8 Å². The van der Waals surface area contributed by atoms with Gasteiger partial charge in [0.05, 0.1) is 42.1 Å². The van der Waals surface area contributed by atoms with Crippen molar-refractivity contribution < 1.29 is 37.9 Å². The van der Waals surface area contributed by atoms with E-state index in [9.17, 15) is 24.0 Å².